The Balaban J connectivity index is 0.00000208. The zero-order chi connectivity index (χ0) is 16.6. The Hall–Kier alpha value is -0.560. The molecule has 8 heteroatoms. The molecule has 24 heavy (non-hydrogen) atoms. The Morgan fingerprint density at radius 1 is 1.25 bits per heavy atom. The summed E-state index contributed by atoms with van der Waals surface area (Å²) < 4.78 is 0. The maximum atomic E-state index is 12.7. The van der Waals surface area contributed by atoms with E-state index in [1.165, 1.54) is 0 Å². The Labute approximate surface area is 158 Å². The molecule has 1 aromatic carbocycles. The number of rotatable bonds is 3. The molecule has 0 radical (unpaired) electrons. The summed E-state index contributed by atoms with van der Waals surface area (Å²) in [5, 5.41) is 7.48. The number of hydrogen-bond donors (Lipinski definition) is 4. The van der Waals surface area contributed by atoms with Gasteiger partial charge in [-0.3, -0.25) is 10.2 Å². The topological polar surface area (TPSA) is 65.2 Å². The van der Waals surface area contributed by atoms with E-state index in [9.17, 15) is 4.79 Å². The minimum Gasteiger partial charge on any atom is -0.346 e. The van der Waals surface area contributed by atoms with Crippen molar-refractivity contribution in [2.75, 3.05) is 13.1 Å². The second-order valence-electron chi connectivity index (χ2n) is 6.77. The molecule has 2 saturated heterocycles. The van der Waals surface area contributed by atoms with Crippen LogP contribution >= 0.6 is 35.6 Å². The van der Waals surface area contributed by atoms with Gasteiger partial charge in [-0.05, 0) is 44.5 Å². The summed E-state index contributed by atoms with van der Waals surface area (Å²) >= 11 is 12.1. The van der Waals surface area contributed by atoms with E-state index in [1.807, 2.05) is 19.9 Å². The summed E-state index contributed by atoms with van der Waals surface area (Å²) in [6.07, 6.45) is 1.03. The molecule has 0 aromatic heterocycles. The normalized spacial score (nSPS) is 26.4. The molecule has 0 bridgehead atoms. The minimum absolute atomic E-state index is 0. The van der Waals surface area contributed by atoms with Crippen molar-refractivity contribution in [2.24, 2.45) is 5.92 Å². The summed E-state index contributed by atoms with van der Waals surface area (Å²) in [6.45, 7) is 5.75. The Bertz CT molecular complexity index is 611. The third-order valence-corrected chi connectivity index (χ3v) is 5.48. The molecule has 2 fully saturated rings. The van der Waals surface area contributed by atoms with Gasteiger partial charge in [-0.1, -0.05) is 29.3 Å². The lowest BCUT2D eigenvalue weighted by Gasteiger charge is -2.31. The quantitative estimate of drug-likeness (QED) is 0.636. The SMILES string of the molecule is CC(C)(NC(=O)C1NNC2CCNCC21)c1ccc(Cl)c(Cl)c1.Cl. The van der Waals surface area contributed by atoms with Gasteiger partial charge in [0.25, 0.3) is 0 Å². The lowest BCUT2D eigenvalue weighted by atomic mass is 9.88. The second-order valence-corrected chi connectivity index (χ2v) is 7.59. The van der Waals surface area contributed by atoms with E-state index in [0.717, 1.165) is 25.1 Å². The number of piperidine rings is 1. The van der Waals surface area contributed by atoms with E-state index < -0.39 is 5.54 Å². The lowest BCUT2D eigenvalue weighted by molar-refractivity contribution is -0.125. The van der Waals surface area contributed by atoms with Gasteiger partial charge in [0, 0.05) is 18.5 Å². The first-order valence-corrected chi connectivity index (χ1v) is 8.63. The lowest BCUT2D eigenvalue weighted by Crippen LogP contribution is -2.53. The highest BCUT2D eigenvalue weighted by Gasteiger charge is 2.42. The van der Waals surface area contributed by atoms with Gasteiger partial charge < -0.3 is 10.6 Å². The predicted molar refractivity (Wildman–Crippen MR) is 99.7 cm³/mol. The van der Waals surface area contributed by atoms with E-state index >= 15 is 0 Å². The second kappa shape index (κ2) is 7.77. The van der Waals surface area contributed by atoms with Crippen LogP contribution in [0.25, 0.3) is 0 Å². The van der Waals surface area contributed by atoms with Crippen molar-refractivity contribution in [3.63, 3.8) is 0 Å². The van der Waals surface area contributed by atoms with Crippen LogP contribution in [0.15, 0.2) is 18.2 Å². The molecule has 3 unspecified atom stereocenters. The zero-order valence-corrected chi connectivity index (χ0v) is 16.0. The van der Waals surface area contributed by atoms with Crippen molar-refractivity contribution >= 4 is 41.5 Å². The van der Waals surface area contributed by atoms with Crippen molar-refractivity contribution in [3.05, 3.63) is 33.8 Å². The number of benzene rings is 1. The van der Waals surface area contributed by atoms with Gasteiger partial charge in [-0.25, -0.2) is 5.43 Å². The molecule has 3 rings (SSSR count). The van der Waals surface area contributed by atoms with E-state index in [2.05, 4.69) is 21.5 Å². The third kappa shape index (κ3) is 3.98. The molecule has 1 aromatic rings. The van der Waals surface area contributed by atoms with E-state index in [4.69, 9.17) is 23.2 Å². The number of carbonyl (C=O) groups excluding carboxylic acids is 1. The van der Waals surface area contributed by atoms with Gasteiger partial charge >= 0.3 is 0 Å². The number of carbonyl (C=O) groups is 1. The molecule has 0 spiro atoms. The Morgan fingerprint density at radius 3 is 2.71 bits per heavy atom. The maximum Gasteiger partial charge on any atom is 0.239 e. The largest absolute Gasteiger partial charge is 0.346 e. The van der Waals surface area contributed by atoms with Crippen LogP contribution in [0.4, 0.5) is 0 Å². The first kappa shape index (κ1) is 19.8. The number of hydrazine groups is 1. The van der Waals surface area contributed by atoms with Crippen LogP contribution in [-0.4, -0.2) is 31.1 Å². The fraction of sp³-hybridized carbons (Fsp3) is 0.562. The monoisotopic (exact) mass is 392 g/mol. The standard InChI is InChI=1S/C16H22Cl2N4O.ClH/c1-16(2,9-3-4-11(17)12(18)7-9)20-15(23)14-10-8-19-6-5-13(10)21-22-14;/h3-4,7,10,13-14,19,21-22H,5-6,8H2,1-2H3,(H,20,23);1H. The molecule has 5 nitrogen and oxygen atoms in total. The molecule has 2 heterocycles. The molecule has 3 atom stereocenters. The molecule has 1 amide bonds. The van der Waals surface area contributed by atoms with Crippen LogP contribution in [0.5, 0.6) is 0 Å². The average molecular weight is 394 g/mol. The predicted octanol–water partition coefficient (Wildman–Crippen LogP) is 2.22. The van der Waals surface area contributed by atoms with Gasteiger partial charge in [0.15, 0.2) is 0 Å². The van der Waals surface area contributed by atoms with Crippen LogP contribution in [0, 0.1) is 5.92 Å². The van der Waals surface area contributed by atoms with Crippen LogP contribution in [0.3, 0.4) is 0 Å². The van der Waals surface area contributed by atoms with E-state index in [0.29, 0.717) is 16.1 Å². The van der Waals surface area contributed by atoms with Crippen molar-refractivity contribution in [1.82, 2.24) is 21.5 Å². The molecule has 2 aliphatic rings. The summed E-state index contributed by atoms with van der Waals surface area (Å²) in [7, 11) is 0. The molecular formula is C16H23Cl3N4O. The average Bonchev–Trinajstić information content (AvgIpc) is 2.93. The van der Waals surface area contributed by atoms with Gasteiger partial charge in [-0.15, -0.1) is 12.4 Å². The summed E-state index contributed by atoms with van der Waals surface area (Å²) in [4.78, 5) is 12.7. The van der Waals surface area contributed by atoms with Crippen molar-refractivity contribution in [2.45, 2.75) is 37.9 Å². The smallest absolute Gasteiger partial charge is 0.239 e. The van der Waals surface area contributed by atoms with Crippen LogP contribution in [0.1, 0.15) is 25.8 Å². The van der Waals surface area contributed by atoms with E-state index in [-0.39, 0.29) is 30.3 Å². The number of nitrogens with one attached hydrogen (secondary N) is 4. The number of halogens is 3. The zero-order valence-electron chi connectivity index (χ0n) is 13.7. The highest BCUT2D eigenvalue weighted by atomic mass is 35.5. The summed E-state index contributed by atoms with van der Waals surface area (Å²) in [5.74, 6) is 0.248. The van der Waals surface area contributed by atoms with Gasteiger partial charge in [0.2, 0.25) is 5.91 Å². The van der Waals surface area contributed by atoms with Crippen LogP contribution < -0.4 is 21.5 Å². The molecule has 0 aliphatic carbocycles. The fourth-order valence-corrected chi connectivity index (χ4v) is 3.62. The summed E-state index contributed by atoms with van der Waals surface area (Å²) in [5.41, 5.74) is 6.77. The summed E-state index contributed by atoms with van der Waals surface area (Å²) in [6, 6.07) is 5.55. The third-order valence-electron chi connectivity index (χ3n) is 4.74. The number of fused-ring (bicyclic) bond motifs is 1. The van der Waals surface area contributed by atoms with Gasteiger partial charge in [0.1, 0.15) is 6.04 Å². The molecule has 2 aliphatic heterocycles. The van der Waals surface area contributed by atoms with Crippen LogP contribution in [0.2, 0.25) is 10.0 Å². The highest BCUT2D eigenvalue weighted by Crippen LogP contribution is 2.29. The first-order valence-electron chi connectivity index (χ1n) is 7.88. The highest BCUT2D eigenvalue weighted by molar-refractivity contribution is 6.42. The fourth-order valence-electron chi connectivity index (χ4n) is 3.32. The minimum atomic E-state index is -0.535. The Morgan fingerprint density at radius 2 is 2.00 bits per heavy atom. The molecule has 134 valence electrons. The van der Waals surface area contributed by atoms with Crippen LogP contribution in [-0.2, 0) is 10.3 Å². The number of hydrogen-bond acceptors (Lipinski definition) is 4. The molecule has 0 saturated carbocycles. The first-order chi connectivity index (χ1) is 10.9. The van der Waals surface area contributed by atoms with Crippen molar-refractivity contribution in [1.29, 1.82) is 0 Å². The Kier molecular flexibility index (Phi) is 6.40. The van der Waals surface area contributed by atoms with E-state index in [1.54, 1.807) is 12.1 Å². The van der Waals surface area contributed by atoms with Crippen molar-refractivity contribution < 1.29 is 4.79 Å². The number of amides is 1. The molecule has 4 N–H and O–H groups in total. The van der Waals surface area contributed by atoms with Gasteiger partial charge in [0.05, 0.1) is 15.6 Å². The van der Waals surface area contributed by atoms with Crippen molar-refractivity contribution in [3.8, 4) is 0 Å². The van der Waals surface area contributed by atoms with Gasteiger partial charge in [-0.2, -0.15) is 0 Å². The molecular weight excluding hydrogens is 371 g/mol. The maximum absolute atomic E-state index is 12.7.